The quantitative estimate of drug-likeness (QED) is 0.626. The molecule has 0 saturated heterocycles. The van der Waals surface area contributed by atoms with Gasteiger partial charge in [-0.2, -0.15) is 0 Å². The summed E-state index contributed by atoms with van der Waals surface area (Å²) in [6.45, 7) is 2.53. The number of nitro groups is 1. The summed E-state index contributed by atoms with van der Waals surface area (Å²) in [6.07, 6.45) is 2.62. The minimum atomic E-state index is -0.439. The molecular weight excluding hydrogens is 270 g/mol. The molecular formula is C14H17N5O2. The molecule has 0 fully saturated rings. The first-order chi connectivity index (χ1) is 10.1. The number of anilines is 2. The molecule has 0 saturated carbocycles. The second-order valence-corrected chi connectivity index (χ2v) is 4.42. The summed E-state index contributed by atoms with van der Waals surface area (Å²) in [5, 5.41) is 16.8. The molecule has 0 bridgehead atoms. The normalized spacial score (nSPS) is 10.2. The Morgan fingerprint density at radius 3 is 2.76 bits per heavy atom. The van der Waals surface area contributed by atoms with E-state index in [-0.39, 0.29) is 5.69 Å². The highest BCUT2D eigenvalue weighted by atomic mass is 16.6. The molecule has 2 N–H and O–H groups in total. The SMILES string of the molecule is CCc1cccnc1CNc1cc([N+](=O)[O-])cc(NC)n1. The third kappa shape index (κ3) is 3.65. The molecule has 0 aliphatic heterocycles. The Kier molecular flexibility index (Phi) is 4.65. The van der Waals surface area contributed by atoms with Crippen molar-refractivity contribution < 1.29 is 4.92 Å². The highest BCUT2D eigenvalue weighted by Crippen LogP contribution is 2.21. The second-order valence-electron chi connectivity index (χ2n) is 4.42. The van der Waals surface area contributed by atoms with E-state index < -0.39 is 4.92 Å². The zero-order chi connectivity index (χ0) is 15.2. The summed E-state index contributed by atoms with van der Waals surface area (Å²) in [6, 6.07) is 6.72. The monoisotopic (exact) mass is 287 g/mol. The van der Waals surface area contributed by atoms with Crippen molar-refractivity contribution in [2.75, 3.05) is 17.7 Å². The Balaban J connectivity index is 2.19. The van der Waals surface area contributed by atoms with Crippen molar-refractivity contribution in [1.82, 2.24) is 9.97 Å². The lowest BCUT2D eigenvalue weighted by atomic mass is 10.1. The molecule has 2 aromatic heterocycles. The Morgan fingerprint density at radius 2 is 2.10 bits per heavy atom. The molecule has 0 spiro atoms. The first-order valence-corrected chi connectivity index (χ1v) is 6.65. The summed E-state index contributed by atoms with van der Waals surface area (Å²) in [5.41, 5.74) is 2.05. The maximum Gasteiger partial charge on any atom is 0.276 e. The van der Waals surface area contributed by atoms with Gasteiger partial charge in [0.2, 0.25) is 0 Å². The van der Waals surface area contributed by atoms with E-state index in [0.717, 1.165) is 17.7 Å². The number of nitrogens with zero attached hydrogens (tertiary/aromatic N) is 3. The lowest BCUT2D eigenvalue weighted by molar-refractivity contribution is -0.384. The van der Waals surface area contributed by atoms with E-state index >= 15 is 0 Å². The van der Waals surface area contributed by atoms with E-state index in [1.54, 1.807) is 13.2 Å². The van der Waals surface area contributed by atoms with Crippen molar-refractivity contribution in [1.29, 1.82) is 0 Å². The van der Waals surface area contributed by atoms with Crippen LogP contribution < -0.4 is 10.6 Å². The molecule has 0 aromatic carbocycles. The highest BCUT2D eigenvalue weighted by Gasteiger charge is 2.11. The number of hydrogen-bond acceptors (Lipinski definition) is 6. The Labute approximate surface area is 122 Å². The molecule has 0 aliphatic carbocycles. The molecule has 0 aliphatic rings. The molecule has 0 amide bonds. The smallest absolute Gasteiger partial charge is 0.276 e. The Hall–Kier alpha value is -2.70. The van der Waals surface area contributed by atoms with Gasteiger partial charge in [-0.1, -0.05) is 13.0 Å². The van der Waals surface area contributed by atoms with Gasteiger partial charge in [0.25, 0.3) is 5.69 Å². The van der Waals surface area contributed by atoms with Gasteiger partial charge in [-0.05, 0) is 18.1 Å². The van der Waals surface area contributed by atoms with Gasteiger partial charge >= 0.3 is 0 Å². The number of aryl methyl sites for hydroxylation is 1. The van der Waals surface area contributed by atoms with Crippen LogP contribution in [0.2, 0.25) is 0 Å². The zero-order valence-corrected chi connectivity index (χ0v) is 12.0. The van der Waals surface area contributed by atoms with Crippen LogP contribution in [0.5, 0.6) is 0 Å². The van der Waals surface area contributed by atoms with E-state index in [1.165, 1.54) is 12.1 Å². The van der Waals surface area contributed by atoms with Crippen LogP contribution in [0.15, 0.2) is 30.5 Å². The molecule has 2 heterocycles. The van der Waals surface area contributed by atoms with Crippen LogP contribution in [-0.2, 0) is 13.0 Å². The Bertz CT molecular complexity index is 645. The molecule has 0 unspecified atom stereocenters. The predicted molar refractivity (Wildman–Crippen MR) is 81.4 cm³/mol. The van der Waals surface area contributed by atoms with Gasteiger partial charge in [0.15, 0.2) is 0 Å². The van der Waals surface area contributed by atoms with Crippen molar-refractivity contribution in [2.24, 2.45) is 0 Å². The fourth-order valence-corrected chi connectivity index (χ4v) is 1.97. The van der Waals surface area contributed by atoms with Crippen LogP contribution in [0.4, 0.5) is 17.3 Å². The van der Waals surface area contributed by atoms with Gasteiger partial charge in [-0.15, -0.1) is 0 Å². The average molecular weight is 287 g/mol. The molecule has 2 aromatic rings. The molecule has 2 rings (SSSR count). The first kappa shape index (κ1) is 14.7. The summed E-state index contributed by atoms with van der Waals surface area (Å²) < 4.78 is 0. The standard InChI is InChI=1S/C14H17N5O2/c1-3-10-5-4-6-16-12(10)9-17-14-8-11(19(20)21)7-13(15-2)18-14/h4-8H,3,9H2,1-2H3,(H2,15,17,18). The Morgan fingerprint density at radius 1 is 1.33 bits per heavy atom. The van der Waals surface area contributed by atoms with Gasteiger partial charge in [-0.3, -0.25) is 15.1 Å². The van der Waals surface area contributed by atoms with Crippen molar-refractivity contribution in [3.05, 3.63) is 51.8 Å². The van der Waals surface area contributed by atoms with Crippen molar-refractivity contribution >= 4 is 17.3 Å². The third-order valence-corrected chi connectivity index (χ3v) is 3.08. The average Bonchev–Trinajstić information content (AvgIpc) is 2.52. The number of rotatable bonds is 6. The minimum Gasteiger partial charge on any atom is -0.373 e. The number of pyridine rings is 2. The third-order valence-electron chi connectivity index (χ3n) is 3.08. The molecule has 0 atom stereocenters. The van der Waals surface area contributed by atoms with Crippen molar-refractivity contribution in [2.45, 2.75) is 19.9 Å². The fraction of sp³-hybridized carbons (Fsp3) is 0.286. The van der Waals surface area contributed by atoms with Crippen LogP contribution in [0.3, 0.4) is 0 Å². The maximum atomic E-state index is 10.9. The first-order valence-electron chi connectivity index (χ1n) is 6.65. The summed E-state index contributed by atoms with van der Waals surface area (Å²) in [4.78, 5) is 19.0. The van der Waals surface area contributed by atoms with Crippen LogP contribution in [0, 0.1) is 10.1 Å². The van der Waals surface area contributed by atoms with E-state index in [1.807, 2.05) is 12.1 Å². The lowest BCUT2D eigenvalue weighted by Crippen LogP contribution is -2.07. The van der Waals surface area contributed by atoms with Gasteiger partial charge in [0.05, 0.1) is 29.3 Å². The number of nitrogens with one attached hydrogen (secondary N) is 2. The number of hydrogen-bond donors (Lipinski definition) is 2. The molecule has 7 nitrogen and oxygen atoms in total. The van der Waals surface area contributed by atoms with E-state index in [9.17, 15) is 10.1 Å². The molecule has 110 valence electrons. The van der Waals surface area contributed by atoms with Gasteiger partial charge in [0, 0.05) is 13.2 Å². The summed E-state index contributed by atoms with van der Waals surface area (Å²) in [5.74, 6) is 0.893. The lowest BCUT2D eigenvalue weighted by Gasteiger charge is -2.09. The number of aromatic nitrogens is 2. The molecule has 21 heavy (non-hydrogen) atoms. The van der Waals surface area contributed by atoms with Crippen molar-refractivity contribution in [3.63, 3.8) is 0 Å². The topological polar surface area (TPSA) is 93.0 Å². The maximum absolute atomic E-state index is 10.9. The van der Waals surface area contributed by atoms with Gasteiger partial charge in [0.1, 0.15) is 11.6 Å². The largest absolute Gasteiger partial charge is 0.373 e. The predicted octanol–water partition coefficient (Wildman–Crippen LogP) is 2.60. The van der Waals surface area contributed by atoms with Gasteiger partial charge < -0.3 is 10.6 Å². The van der Waals surface area contributed by atoms with Crippen molar-refractivity contribution in [3.8, 4) is 0 Å². The molecule has 0 radical (unpaired) electrons. The summed E-state index contributed by atoms with van der Waals surface area (Å²) >= 11 is 0. The minimum absolute atomic E-state index is 0.00594. The summed E-state index contributed by atoms with van der Waals surface area (Å²) in [7, 11) is 1.67. The molecule has 7 heteroatoms. The van der Waals surface area contributed by atoms with Crippen LogP contribution >= 0.6 is 0 Å². The second kappa shape index (κ2) is 6.65. The van der Waals surface area contributed by atoms with E-state index in [2.05, 4.69) is 27.5 Å². The fourth-order valence-electron chi connectivity index (χ4n) is 1.97. The van der Waals surface area contributed by atoms with Crippen LogP contribution in [0.1, 0.15) is 18.2 Å². The van der Waals surface area contributed by atoms with E-state index in [0.29, 0.717) is 18.2 Å². The van der Waals surface area contributed by atoms with Crippen LogP contribution in [-0.4, -0.2) is 21.9 Å². The van der Waals surface area contributed by atoms with E-state index in [4.69, 9.17) is 0 Å². The zero-order valence-electron chi connectivity index (χ0n) is 12.0. The van der Waals surface area contributed by atoms with Crippen LogP contribution in [0.25, 0.3) is 0 Å². The van der Waals surface area contributed by atoms with Gasteiger partial charge in [-0.25, -0.2) is 4.98 Å². The highest BCUT2D eigenvalue weighted by molar-refractivity contribution is 5.54.